The van der Waals surface area contributed by atoms with E-state index in [1.54, 1.807) is 38.4 Å². The molecule has 1 aliphatic rings. The Kier molecular flexibility index (Phi) is 6.20. The average molecular weight is 489 g/mol. The van der Waals surface area contributed by atoms with Crippen LogP contribution in [0, 0.1) is 5.82 Å². The number of carbonyl (C=O) groups is 3. The fourth-order valence-electron chi connectivity index (χ4n) is 3.71. The van der Waals surface area contributed by atoms with Crippen LogP contribution in [-0.4, -0.2) is 59.1 Å². The van der Waals surface area contributed by atoms with E-state index in [1.165, 1.54) is 21.9 Å². The number of nitrogens with zero attached hydrogens (tertiary/aromatic N) is 2. The maximum Gasteiger partial charge on any atom is 0.415 e. The number of rotatable bonds is 5. The monoisotopic (exact) mass is 488 g/mol. The molecule has 0 bridgehead atoms. The van der Waals surface area contributed by atoms with Crippen molar-refractivity contribution in [2.24, 2.45) is 0 Å². The largest absolute Gasteiger partial charge is 0.415 e. The molecule has 0 aliphatic carbocycles. The zero-order chi connectivity index (χ0) is 24.6. The Morgan fingerprint density at radius 3 is 2.74 bits per heavy atom. The van der Waals surface area contributed by atoms with Crippen molar-refractivity contribution in [2.45, 2.75) is 18.6 Å². The summed E-state index contributed by atoms with van der Waals surface area (Å²) >= 11 is 5.82. The van der Waals surface area contributed by atoms with Crippen LogP contribution in [-0.2, 0) is 16.1 Å². The minimum Gasteiger partial charge on any atom is -0.393 e. The quantitative estimate of drug-likeness (QED) is 0.478. The Morgan fingerprint density at radius 1 is 1.26 bits per heavy atom. The first-order valence-corrected chi connectivity index (χ1v) is 10.7. The lowest BCUT2D eigenvalue weighted by Gasteiger charge is -2.22. The van der Waals surface area contributed by atoms with E-state index in [0.29, 0.717) is 22.2 Å². The van der Waals surface area contributed by atoms with Gasteiger partial charge in [-0.15, -0.1) is 0 Å². The molecule has 1 saturated heterocycles. The molecule has 0 spiro atoms. The number of aromatic nitrogens is 1. The molecule has 178 valence electrons. The molecule has 9 nitrogen and oxygen atoms in total. The lowest BCUT2D eigenvalue weighted by Crippen LogP contribution is -2.52. The Morgan fingerprint density at radius 2 is 2.03 bits per heavy atom. The summed E-state index contributed by atoms with van der Waals surface area (Å²) in [6, 6.07) is 10.5. The van der Waals surface area contributed by atoms with E-state index in [0.717, 1.165) is 6.07 Å². The van der Waals surface area contributed by atoms with Gasteiger partial charge in [0.15, 0.2) is 0 Å². The molecule has 2 heterocycles. The van der Waals surface area contributed by atoms with Gasteiger partial charge >= 0.3 is 6.09 Å². The summed E-state index contributed by atoms with van der Waals surface area (Å²) < 4.78 is 18.7. The second-order valence-electron chi connectivity index (χ2n) is 8.19. The Balaban J connectivity index is 1.48. The molecule has 1 fully saturated rings. The van der Waals surface area contributed by atoms with Gasteiger partial charge in [0.25, 0.3) is 11.8 Å². The van der Waals surface area contributed by atoms with Crippen LogP contribution in [0.5, 0.6) is 5.88 Å². The number of halogens is 2. The molecule has 1 atom stereocenters. The highest BCUT2D eigenvalue weighted by atomic mass is 35.5. The number of hydrogen-bond acceptors (Lipinski definition) is 5. The van der Waals surface area contributed by atoms with E-state index in [9.17, 15) is 23.9 Å². The average Bonchev–Trinajstić information content (AvgIpc) is 3.31. The molecule has 3 amide bonds. The second-order valence-corrected chi connectivity index (χ2v) is 8.63. The third-order valence-electron chi connectivity index (χ3n) is 5.50. The number of anilines is 1. The van der Waals surface area contributed by atoms with Crippen molar-refractivity contribution in [3.05, 3.63) is 58.9 Å². The Labute approximate surface area is 199 Å². The normalized spacial score (nSPS) is 17.8. The number of aromatic amines is 1. The number of fused-ring (bicyclic) bond motifs is 1. The predicted molar refractivity (Wildman–Crippen MR) is 123 cm³/mol. The molecule has 1 aliphatic heterocycles. The van der Waals surface area contributed by atoms with Crippen molar-refractivity contribution in [1.29, 1.82) is 0 Å². The molecule has 0 saturated carbocycles. The smallest absolute Gasteiger partial charge is 0.393 e. The van der Waals surface area contributed by atoms with Crippen LogP contribution in [0.2, 0.25) is 5.02 Å². The van der Waals surface area contributed by atoms with Crippen molar-refractivity contribution in [2.75, 3.05) is 25.5 Å². The van der Waals surface area contributed by atoms with E-state index in [-0.39, 0.29) is 30.4 Å². The maximum atomic E-state index is 13.5. The van der Waals surface area contributed by atoms with Crippen molar-refractivity contribution in [3.63, 3.8) is 0 Å². The van der Waals surface area contributed by atoms with Gasteiger partial charge in [-0.2, -0.15) is 0 Å². The van der Waals surface area contributed by atoms with Crippen LogP contribution >= 0.6 is 11.6 Å². The Hall–Kier alpha value is -3.63. The lowest BCUT2D eigenvalue weighted by atomic mass is 10.0. The van der Waals surface area contributed by atoms with Crippen LogP contribution in [0.1, 0.15) is 12.0 Å². The van der Waals surface area contributed by atoms with Crippen molar-refractivity contribution >= 4 is 46.1 Å². The highest BCUT2D eigenvalue weighted by Crippen LogP contribution is 2.32. The molecule has 1 aromatic heterocycles. The van der Waals surface area contributed by atoms with Crippen LogP contribution in [0.15, 0.2) is 42.5 Å². The molecule has 0 radical (unpaired) electrons. The van der Waals surface area contributed by atoms with Gasteiger partial charge in [-0.1, -0.05) is 11.6 Å². The van der Waals surface area contributed by atoms with Gasteiger partial charge in [0.1, 0.15) is 5.82 Å². The third-order valence-corrected chi connectivity index (χ3v) is 5.72. The van der Waals surface area contributed by atoms with E-state index < -0.39 is 29.3 Å². The van der Waals surface area contributed by atoms with Crippen molar-refractivity contribution in [1.82, 2.24) is 15.2 Å². The van der Waals surface area contributed by atoms with Gasteiger partial charge in [0, 0.05) is 61.3 Å². The summed E-state index contributed by atoms with van der Waals surface area (Å²) in [5, 5.41) is 14.2. The van der Waals surface area contributed by atoms with Gasteiger partial charge in [-0.3, -0.25) is 9.59 Å². The predicted octanol–water partition coefficient (Wildman–Crippen LogP) is 2.81. The van der Waals surface area contributed by atoms with Crippen molar-refractivity contribution in [3.8, 4) is 5.88 Å². The van der Waals surface area contributed by atoms with Gasteiger partial charge < -0.3 is 29.9 Å². The van der Waals surface area contributed by atoms with Gasteiger partial charge in [-0.25, -0.2) is 9.18 Å². The zero-order valence-corrected chi connectivity index (χ0v) is 19.1. The van der Waals surface area contributed by atoms with Gasteiger partial charge in [0.05, 0.1) is 0 Å². The first kappa shape index (κ1) is 23.5. The molecule has 3 aromatic rings. The summed E-state index contributed by atoms with van der Waals surface area (Å²) in [6.07, 6.45) is -0.656. The minimum absolute atomic E-state index is 0.102. The van der Waals surface area contributed by atoms with E-state index in [2.05, 4.69) is 10.3 Å². The fourth-order valence-corrected chi connectivity index (χ4v) is 3.95. The highest BCUT2D eigenvalue weighted by molar-refractivity contribution is 6.30. The van der Waals surface area contributed by atoms with E-state index in [4.69, 9.17) is 16.3 Å². The minimum atomic E-state index is -2.25. The number of H-pyrrole nitrogens is 1. The van der Waals surface area contributed by atoms with Crippen LogP contribution in [0.4, 0.5) is 14.9 Å². The molecular weight excluding hydrogens is 467 g/mol. The molecule has 3 N–H and O–H groups in total. The summed E-state index contributed by atoms with van der Waals surface area (Å²) in [6.45, 7) is 0.0165. The summed E-state index contributed by atoms with van der Waals surface area (Å²) in [4.78, 5) is 43.0. The molecule has 4 rings (SSSR count). The maximum absolute atomic E-state index is 13.5. The molecule has 34 heavy (non-hydrogen) atoms. The zero-order valence-electron chi connectivity index (χ0n) is 18.4. The summed E-state index contributed by atoms with van der Waals surface area (Å²) in [7, 11) is 3.12. The number of amides is 3. The van der Waals surface area contributed by atoms with Gasteiger partial charge in [0.2, 0.25) is 11.5 Å². The van der Waals surface area contributed by atoms with Crippen LogP contribution in [0.25, 0.3) is 10.9 Å². The molecular formula is C23H22ClFN4O5. The van der Waals surface area contributed by atoms with E-state index in [1.807, 2.05) is 0 Å². The van der Waals surface area contributed by atoms with Crippen LogP contribution in [0.3, 0.4) is 0 Å². The number of aliphatic hydroxyl groups is 1. The number of ether oxygens (including phenoxy) is 1. The lowest BCUT2D eigenvalue weighted by molar-refractivity contribution is -0.149. The number of hydrogen-bond donors (Lipinski definition) is 3. The summed E-state index contributed by atoms with van der Waals surface area (Å²) in [5.74, 6) is -1.96. The van der Waals surface area contributed by atoms with Crippen LogP contribution < -0.4 is 15.0 Å². The van der Waals surface area contributed by atoms with Crippen molar-refractivity contribution < 1.29 is 28.6 Å². The van der Waals surface area contributed by atoms with Gasteiger partial charge in [-0.05, 0) is 42.0 Å². The SMILES string of the molecule is CN(C)C(=O)Oc1cc2cc(N3CC[C@](O)(C(=O)NCc4cc(F)cc(Cl)c4)C3=O)ccc2[nH]1. The number of benzene rings is 2. The first-order valence-electron chi connectivity index (χ1n) is 10.4. The Bertz CT molecular complexity index is 1270. The van der Waals surface area contributed by atoms with E-state index >= 15 is 0 Å². The molecule has 2 aromatic carbocycles. The third kappa shape index (κ3) is 4.55. The molecule has 0 unspecified atom stereocenters. The number of carbonyl (C=O) groups excluding carboxylic acids is 3. The highest BCUT2D eigenvalue weighted by Gasteiger charge is 2.51. The standard InChI is InChI=1S/C23H22ClFN4O5/c1-28(2)22(32)34-19-10-14-9-17(3-4-18(14)27-19)29-6-5-23(33,21(29)31)20(30)26-12-13-7-15(24)11-16(25)8-13/h3-4,7-11,27,33H,5-6,12H2,1-2H3,(H,26,30)/t23-/m0/s1. The molecule has 11 heteroatoms. The number of nitrogens with one attached hydrogen (secondary N) is 2. The second kappa shape index (κ2) is 8.96. The first-order chi connectivity index (χ1) is 16.1. The topological polar surface area (TPSA) is 115 Å². The summed E-state index contributed by atoms with van der Waals surface area (Å²) in [5.41, 5.74) is -0.703. The fraction of sp³-hybridized carbons (Fsp3) is 0.261.